The number of hydrogen-bond acceptors (Lipinski definition) is 4. The fraction of sp³-hybridized carbons (Fsp3) is 0.471. The van der Waals surface area contributed by atoms with Gasteiger partial charge in [-0.05, 0) is 25.0 Å². The molecule has 24 heavy (non-hydrogen) atoms. The number of carbonyl (C=O) groups excluding carboxylic acids is 3. The van der Waals surface area contributed by atoms with Gasteiger partial charge in [0.2, 0.25) is 17.7 Å². The van der Waals surface area contributed by atoms with Crippen LogP contribution in [0.1, 0.15) is 19.3 Å². The lowest BCUT2D eigenvalue weighted by Crippen LogP contribution is -2.44. The van der Waals surface area contributed by atoms with Gasteiger partial charge in [-0.25, -0.2) is 0 Å². The van der Waals surface area contributed by atoms with Crippen LogP contribution in [0.3, 0.4) is 0 Å². The largest absolute Gasteiger partial charge is 0.354 e. The second-order valence-electron chi connectivity index (χ2n) is 5.92. The van der Waals surface area contributed by atoms with E-state index in [1.165, 1.54) is 16.7 Å². The minimum absolute atomic E-state index is 0.00564. The van der Waals surface area contributed by atoms with E-state index in [4.69, 9.17) is 0 Å². The van der Waals surface area contributed by atoms with Crippen molar-refractivity contribution in [2.45, 2.75) is 24.2 Å². The number of para-hydroxylation sites is 1. The van der Waals surface area contributed by atoms with Gasteiger partial charge in [-0.1, -0.05) is 12.1 Å². The number of fused-ring (bicyclic) bond motifs is 1. The zero-order chi connectivity index (χ0) is 16.9. The molecule has 3 amide bonds. The van der Waals surface area contributed by atoms with Crippen molar-refractivity contribution in [3.8, 4) is 0 Å². The number of likely N-dealkylation sites (tertiary alicyclic amines) is 1. The van der Waals surface area contributed by atoms with Gasteiger partial charge >= 0.3 is 0 Å². The summed E-state index contributed by atoms with van der Waals surface area (Å²) in [6, 6.07) is 7.58. The van der Waals surface area contributed by atoms with Crippen molar-refractivity contribution in [1.82, 2.24) is 10.2 Å². The van der Waals surface area contributed by atoms with Crippen molar-refractivity contribution < 1.29 is 14.4 Å². The fourth-order valence-corrected chi connectivity index (χ4v) is 3.90. The second kappa shape index (κ2) is 7.70. The van der Waals surface area contributed by atoms with Gasteiger partial charge < -0.3 is 15.1 Å². The third kappa shape index (κ3) is 3.90. The standard InChI is InChI=1S/C17H21N3O3S/c21-15(18-8-7-16(22)19-9-3-4-10-19)11-20-13-5-1-2-6-14(13)24-12-17(20)23/h1-2,5-6H,3-4,7-12H2,(H,18,21). The van der Waals surface area contributed by atoms with E-state index in [9.17, 15) is 14.4 Å². The zero-order valence-corrected chi connectivity index (χ0v) is 14.3. The lowest BCUT2D eigenvalue weighted by atomic mass is 10.2. The molecule has 0 saturated carbocycles. The Balaban J connectivity index is 1.50. The molecule has 1 aromatic carbocycles. The number of amides is 3. The molecule has 2 aliphatic heterocycles. The first kappa shape index (κ1) is 16.8. The average Bonchev–Trinajstić information content (AvgIpc) is 3.12. The van der Waals surface area contributed by atoms with Gasteiger partial charge in [0.15, 0.2) is 0 Å². The molecule has 7 heteroatoms. The molecule has 0 unspecified atom stereocenters. The molecule has 3 rings (SSSR count). The van der Waals surface area contributed by atoms with Gasteiger partial charge in [-0.3, -0.25) is 14.4 Å². The fourth-order valence-electron chi connectivity index (χ4n) is 2.96. The maximum atomic E-state index is 12.1. The lowest BCUT2D eigenvalue weighted by molar-refractivity contribution is -0.130. The summed E-state index contributed by atoms with van der Waals surface area (Å²) in [5.41, 5.74) is 0.780. The first-order valence-electron chi connectivity index (χ1n) is 8.22. The van der Waals surface area contributed by atoms with Crippen LogP contribution in [0, 0.1) is 0 Å². The highest BCUT2D eigenvalue weighted by Crippen LogP contribution is 2.34. The van der Waals surface area contributed by atoms with Crippen molar-refractivity contribution in [2.75, 3.05) is 36.8 Å². The van der Waals surface area contributed by atoms with E-state index in [1.54, 1.807) is 0 Å². The zero-order valence-electron chi connectivity index (χ0n) is 13.5. The van der Waals surface area contributed by atoms with Crippen LogP contribution in [0.4, 0.5) is 5.69 Å². The quantitative estimate of drug-likeness (QED) is 0.870. The molecule has 128 valence electrons. The van der Waals surface area contributed by atoms with Crippen LogP contribution < -0.4 is 10.2 Å². The molecule has 0 spiro atoms. The normalized spacial score (nSPS) is 16.9. The first-order valence-corrected chi connectivity index (χ1v) is 9.20. The summed E-state index contributed by atoms with van der Waals surface area (Å²) < 4.78 is 0. The van der Waals surface area contributed by atoms with E-state index in [1.807, 2.05) is 29.2 Å². The Morgan fingerprint density at radius 2 is 1.92 bits per heavy atom. The minimum atomic E-state index is -0.237. The average molecular weight is 347 g/mol. The summed E-state index contributed by atoms with van der Waals surface area (Å²) in [5.74, 6) is 0.127. The smallest absolute Gasteiger partial charge is 0.240 e. The van der Waals surface area contributed by atoms with Crippen molar-refractivity contribution in [2.24, 2.45) is 0 Å². The number of anilines is 1. The maximum Gasteiger partial charge on any atom is 0.240 e. The van der Waals surface area contributed by atoms with Crippen molar-refractivity contribution in [3.05, 3.63) is 24.3 Å². The molecular formula is C17H21N3O3S. The summed E-state index contributed by atoms with van der Waals surface area (Å²) in [6.07, 6.45) is 2.44. The van der Waals surface area contributed by atoms with Crippen molar-refractivity contribution in [1.29, 1.82) is 0 Å². The highest BCUT2D eigenvalue weighted by molar-refractivity contribution is 8.00. The van der Waals surface area contributed by atoms with Crippen LogP contribution in [-0.2, 0) is 14.4 Å². The van der Waals surface area contributed by atoms with Crippen LogP contribution in [0.15, 0.2) is 29.2 Å². The van der Waals surface area contributed by atoms with Gasteiger partial charge in [0.1, 0.15) is 6.54 Å². The number of thioether (sulfide) groups is 1. The molecule has 1 fully saturated rings. The summed E-state index contributed by atoms with van der Waals surface area (Å²) in [5, 5.41) is 2.75. The van der Waals surface area contributed by atoms with Gasteiger partial charge in [0.25, 0.3) is 0 Å². The van der Waals surface area contributed by atoms with Crippen molar-refractivity contribution in [3.63, 3.8) is 0 Å². The Hall–Kier alpha value is -2.02. The van der Waals surface area contributed by atoms with Gasteiger partial charge in [0.05, 0.1) is 11.4 Å². The molecule has 0 radical (unpaired) electrons. The molecule has 0 aromatic heterocycles. The van der Waals surface area contributed by atoms with E-state index < -0.39 is 0 Å². The number of hydrogen-bond donors (Lipinski definition) is 1. The Morgan fingerprint density at radius 3 is 2.71 bits per heavy atom. The molecule has 0 atom stereocenters. The Bertz CT molecular complexity index is 644. The number of benzene rings is 1. The SMILES string of the molecule is O=C(CN1C(=O)CSc2ccccc21)NCCC(=O)N1CCCC1. The Morgan fingerprint density at radius 1 is 1.17 bits per heavy atom. The van der Waals surface area contributed by atoms with E-state index in [2.05, 4.69) is 5.32 Å². The molecule has 2 aliphatic rings. The molecule has 2 heterocycles. The van der Waals surface area contributed by atoms with Crippen LogP contribution in [0.5, 0.6) is 0 Å². The predicted molar refractivity (Wildman–Crippen MR) is 93.0 cm³/mol. The molecule has 1 saturated heterocycles. The molecule has 1 N–H and O–H groups in total. The minimum Gasteiger partial charge on any atom is -0.354 e. The first-order chi connectivity index (χ1) is 11.6. The summed E-state index contributed by atoms with van der Waals surface area (Å²) in [7, 11) is 0. The molecule has 1 aromatic rings. The number of carbonyl (C=O) groups is 3. The summed E-state index contributed by atoms with van der Waals surface area (Å²) in [4.78, 5) is 40.6. The molecule has 0 aliphatic carbocycles. The van der Waals surface area contributed by atoms with Gasteiger partial charge in [-0.15, -0.1) is 11.8 Å². The monoisotopic (exact) mass is 347 g/mol. The lowest BCUT2D eigenvalue weighted by Gasteiger charge is -2.28. The Labute approximate surface area is 145 Å². The van der Waals surface area contributed by atoms with E-state index >= 15 is 0 Å². The van der Waals surface area contributed by atoms with Crippen LogP contribution >= 0.6 is 11.8 Å². The van der Waals surface area contributed by atoms with E-state index in [0.717, 1.165) is 36.5 Å². The van der Waals surface area contributed by atoms with Crippen LogP contribution in [-0.4, -0.2) is 54.6 Å². The van der Waals surface area contributed by atoms with Crippen LogP contribution in [0.25, 0.3) is 0 Å². The molecule has 0 bridgehead atoms. The molecule has 6 nitrogen and oxygen atoms in total. The van der Waals surface area contributed by atoms with Gasteiger partial charge in [0, 0.05) is 31.0 Å². The molecular weight excluding hydrogens is 326 g/mol. The number of rotatable bonds is 5. The summed E-state index contributed by atoms with van der Waals surface area (Å²) in [6.45, 7) is 1.95. The van der Waals surface area contributed by atoms with E-state index in [0.29, 0.717) is 18.7 Å². The summed E-state index contributed by atoms with van der Waals surface area (Å²) >= 11 is 1.49. The van der Waals surface area contributed by atoms with Crippen molar-refractivity contribution >= 4 is 35.2 Å². The topological polar surface area (TPSA) is 69.7 Å². The maximum absolute atomic E-state index is 12.1. The second-order valence-corrected chi connectivity index (χ2v) is 6.94. The third-order valence-electron chi connectivity index (χ3n) is 4.23. The Kier molecular flexibility index (Phi) is 5.40. The number of nitrogens with zero attached hydrogens (tertiary/aromatic N) is 2. The van der Waals surface area contributed by atoms with Crippen LogP contribution in [0.2, 0.25) is 0 Å². The third-order valence-corrected chi connectivity index (χ3v) is 5.28. The highest BCUT2D eigenvalue weighted by atomic mass is 32.2. The van der Waals surface area contributed by atoms with E-state index in [-0.39, 0.29) is 24.3 Å². The highest BCUT2D eigenvalue weighted by Gasteiger charge is 2.26. The number of nitrogens with one attached hydrogen (secondary N) is 1. The van der Waals surface area contributed by atoms with Gasteiger partial charge in [-0.2, -0.15) is 0 Å². The predicted octanol–water partition coefficient (Wildman–Crippen LogP) is 1.25.